The van der Waals surface area contributed by atoms with E-state index in [1.807, 2.05) is 0 Å². The van der Waals surface area contributed by atoms with Crippen LogP contribution in [-0.2, 0) is 9.59 Å². The summed E-state index contributed by atoms with van der Waals surface area (Å²) in [7, 11) is 0. The zero-order valence-electron chi connectivity index (χ0n) is 18.4. The molecule has 3 heterocycles. The van der Waals surface area contributed by atoms with Gasteiger partial charge in [-0.25, -0.2) is 0 Å². The summed E-state index contributed by atoms with van der Waals surface area (Å²) in [4.78, 5) is 23.3. The SMILES string of the molecule is CC12CNCCNCC(NC(=O)CCCC(=O)O)(CNCCNC1)CNCCNC2. The fourth-order valence-electron chi connectivity index (χ4n) is 3.95. The normalized spacial score (nSPS) is 30.2. The molecule has 8 N–H and O–H groups in total. The molecular weight excluding hydrogens is 386 g/mol. The van der Waals surface area contributed by atoms with Crippen LogP contribution in [-0.4, -0.2) is 101 Å². The molecule has 0 aromatic carbocycles. The van der Waals surface area contributed by atoms with E-state index in [-0.39, 0.29) is 24.2 Å². The highest BCUT2D eigenvalue weighted by Gasteiger charge is 2.31. The highest BCUT2D eigenvalue weighted by atomic mass is 16.4. The molecule has 0 aromatic rings. The van der Waals surface area contributed by atoms with Crippen LogP contribution in [0, 0.1) is 5.41 Å². The van der Waals surface area contributed by atoms with Crippen molar-refractivity contribution in [1.82, 2.24) is 37.2 Å². The third-order valence-electron chi connectivity index (χ3n) is 5.68. The lowest BCUT2D eigenvalue weighted by Gasteiger charge is -2.37. The van der Waals surface area contributed by atoms with Crippen LogP contribution in [0.3, 0.4) is 0 Å². The van der Waals surface area contributed by atoms with Gasteiger partial charge in [-0.3, -0.25) is 9.59 Å². The second kappa shape index (κ2) is 13.2. The molecule has 3 saturated heterocycles. The average molecular weight is 428 g/mol. The van der Waals surface area contributed by atoms with E-state index in [2.05, 4.69) is 44.1 Å². The Labute approximate surface area is 180 Å². The molecule has 2 bridgehead atoms. The topological polar surface area (TPSA) is 139 Å². The Morgan fingerprint density at radius 3 is 1.53 bits per heavy atom. The van der Waals surface area contributed by atoms with Gasteiger partial charge in [0.2, 0.25) is 5.91 Å². The fourth-order valence-corrected chi connectivity index (χ4v) is 3.95. The Morgan fingerprint density at radius 1 is 0.733 bits per heavy atom. The fraction of sp³-hybridized carbons (Fsp3) is 0.900. The van der Waals surface area contributed by atoms with Gasteiger partial charge in [0.05, 0.1) is 5.54 Å². The van der Waals surface area contributed by atoms with Gasteiger partial charge >= 0.3 is 5.97 Å². The lowest BCUT2D eigenvalue weighted by Crippen LogP contribution is -2.66. The summed E-state index contributed by atoms with van der Waals surface area (Å²) in [5, 5.41) is 33.2. The minimum atomic E-state index is -0.870. The molecule has 10 heteroatoms. The van der Waals surface area contributed by atoms with Crippen LogP contribution in [0.15, 0.2) is 0 Å². The smallest absolute Gasteiger partial charge is 0.303 e. The zero-order chi connectivity index (χ0) is 21.7. The Hall–Kier alpha value is -1.30. The van der Waals surface area contributed by atoms with Gasteiger partial charge in [0, 0.05) is 96.8 Å². The van der Waals surface area contributed by atoms with E-state index in [0.29, 0.717) is 26.1 Å². The van der Waals surface area contributed by atoms with Crippen molar-refractivity contribution in [2.75, 3.05) is 78.5 Å². The summed E-state index contributed by atoms with van der Waals surface area (Å²) in [6.07, 6.45) is 0.580. The van der Waals surface area contributed by atoms with Gasteiger partial charge in [0.15, 0.2) is 0 Å². The van der Waals surface area contributed by atoms with Crippen LogP contribution < -0.4 is 37.2 Å². The molecule has 0 atom stereocenters. The molecule has 0 spiro atoms. The molecule has 3 rings (SSSR count). The van der Waals surface area contributed by atoms with E-state index in [9.17, 15) is 9.59 Å². The largest absolute Gasteiger partial charge is 0.481 e. The second-order valence-electron chi connectivity index (χ2n) is 8.95. The van der Waals surface area contributed by atoms with E-state index in [0.717, 1.165) is 58.9 Å². The molecule has 3 aliphatic rings. The molecular formula is C20H41N7O3. The number of amides is 1. The number of hydrogen-bond donors (Lipinski definition) is 8. The lowest BCUT2D eigenvalue weighted by molar-refractivity contribution is -0.137. The molecule has 3 fully saturated rings. The number of fused-ring (bicyclic) bond motifs is 15. The minimum absolute atomic E-state index is 0.0110. The van der Waals surface area contributed by atoms with Crippen LogP contribution in [0.4, 0.5) is 0 Å². The lowest BCUT2D eigenvalue weighted by atomic mass is 9.90. The number of carbonyl (C=O) groups is 2. The first kappa shape index (κ1) is 25.0. The van der Waals surface area contributed by atoms with Crippen LogP contribution in [0.1, 0.15) is 26.2 Å². The van der Waals surface area contributed by atoms with Gasteiger partial charge < -0.3 is 42.3 Å². The predicted molar refractivity (Wildman–Crippen MR) is 118 cm³/mol. The maximum Gasteiger partial charge on any atom is 0.303 e. The third kappa shape index (κ3) is 9.67. The quantitative estimate of drug-likeness (QED) is 0.243. The van der Waals surface area contributed by atoms with Crippen LogP contribution in [0.2, 0.25) is 0 Å². The van der Waals surface area contributed by atoms with Crippen molar-refractivity contribution in [1.29, 1.82) is 0 Å². The number of carbonyl (C=O) groups excluding carboxylic acids is 1. The van der Waals surface area contributed by atoms with Crippen LogP contribution in [0.5, 0.6) is 0 Å². The van der Waals surface area contributed by atoms with E-state index in [4.69, 9.17) is 5.11 Å². The summed E-state index contributed by atoms with van der Waals surface area (Å²) in [5.74, 6) is -0.973. The number of rotatable bonds is 5. The molecule has 0 saturated carbocycles. The van der Waals surface area contributed by atoms with Crippen molar-refractivity contribution in [3.8, 4) is 0 Å². The molecule has 174 valence electrons. The molecule has 10 nitrogen and oxygen atoms in total. The standard InChI is InChI=1S/C20H41N7O3/c1-19-11-21-5-8-24-14-20(15-25-9-6-22-12-19,16-26-10-7-23-13-19)27-17(28)3-2-4-18(29)30/h21-26H,2-16H2,1H3,(H,27,28)(H,29,30). The predicted octanol–water partition coefficient (Wildman–Crippen LogP) is -2.33. The number of nitrogens with one attached hydrogen (secondary N) is 7. The number of aliphatic carboxylic acids is 1. The van der Waals surface area contributed by atoms with Crippen LogP contribution in [0.25, 0.3) is 0 Å². The van der Waals surface area contributed by atoms with E-state index in [1.54, 1.807) is 0 Å². The Morgan fingerprint density at radius 2 is 1.13 bits per heavy atom. The van der Waals surface area contributed by atoms with Crippen molar-refractivity contribution >= 4 is 11.9 Å². The van der Waals surface area contributed by atoms with E-state index < -0.39 is 11.5 Å². The third-order valence-corrected chi connectivity index (χ3v) is 5.68. The summed E-state index contributed by atoms with van der Waals surface area (Å²) in [5.41, 5.74) is -0.342. The Balaban J connectivity index is 2.07. The molecule has 0 radical (unpaired) electrons. The monoisotopic (exact) mass is 427 g/mol. The summed E-state index contributed by atoms with van der Waals surface area (Å²) in [6, 6.07) is 0. The van der Waals surface area contributed by atoms with E-state index in [1.165, 1.54) is 0 Å². The van der Waals surface area contributed by atoms with Gasteiger partial charge in [-0.15, -0.1) is 0 Å². The maximum absolute atomic E-state index is 12.6. The van der Waals surface area contributed by atoms with Gasteiger partial charge in [-0.1, -0.05) is 6.92 Å². The van der Waals surface area contributed by atoms with Crippen molar-refractivity contribution in [2.45, 2.75) is 31.7 Å². The van der Waals surface area contributed by atoms with Crippen molar-refractivity contribution in [3.63, 3.8) is 0 Å². The minimum Gasteiger partial charge on any atom is -0.481 e. The second-order valence-corrected chi connectivity index (χ2v) is 8.95. The average Bonchev–Trinajstić information content (AvgIpc) is 2.69. The van der Waals surface area contributed by atoms with Gasteiger partial charge in [0.25, 0.3) is 0 Å². The molecule has 3 aliphatic heterocycles. The van der Waals surface area contributed by atoms with Gasteiger partial charge in [-0.2, -0.15) is 0 Å². The van der Waals surface area contributed by atoms with Gasteiger partial charge in [-0.05, 0) is 6.42 Å². The first-order valence-corrected chi connectivity index (χ1v) is 11.2. The number of carboxylic acid groups (broad SMARTS) is 1. The zero-order valence-corrected chi connectivity index (χ0v) is 18.4. The number of carboxylic acids is 1. The summed E-state index contributed by atoms with van der Waals surface area (Å²) in [6.45, 7) is 12.0. The molecule has 1 amide bonds. The molecule has 30 heavy (non-hydrogen) atoms. The summed E-state index contributed by atoms with van der Waals surface area (Å²) < 4.78 is 0. The highest BCUT2D eigenvalue weighted by Crippen LogP contribution is 2.12. The van der Waals surface area contributed by atoms with Crippen molar-refractivity contribution in [2.24, 2.45) is 5.41 Å². The van der Waals surface area contributed by atoms with Crippen molar-refractivity contribution < 1.29 is 14.7 Å². The molecule has 0 unspecified atom stereocenters. The highest BCUT2D eigenvalue weighted by molar-refractivity contribution is 5.77. The summed E-state index contributed by atoms with van der Waals surface area (Å²) >= 11 is 0. The Bertz CT molecular complexity index is 489. The van der Waals surface area contributed by atoms with E-state index >= 15 is 0 Å². The molecule has 0 aromatic heterocycles. The van der Waals surface area contributed by atoms with Crippen LogP contribution >= 0.6 is 0 Å². The molecule has 0 aliphatic carbocycles. The Kier molecular flexibility index (Phi) is 11.0. The van der Waals surface area contributed by atoms with Gasteiger partial charge in [0.1, 0.15) is 0 Å². The van der Waals surface area contributed by atoms with Crippen molar-refractivity contribution in [3.05, 3.63) is 0 Å². The number of hydrogen-bond acceptors (Lipinski definition) is 8. The first-order chi connectivity index (χ1) is 14.4. The first-order valence-electron chi connectivity index (χ1n) is 11.2. The maximum atomic E-state index is 12.6.